The van der Waals surface area contributed by atoms with Gasteiger partial charge in [-0.25, -0.2) is 0 Å². The number of esters is 2. The number of hydrogen-bond acceptors (Lipinski definition) is 3. The molecule has 3 nitrogen and oxygen atoms in total. The summed E-state index contributed by atoms with van der Waals surface area (Å²) in [6.07, 6.45) is 40.1. The Bertz CT molecular complexity index is 502. The van der Waals surface area contributed by atoms with Crippen LogP contribution in [0.15, 0.2) is 0 Å². The Morgan fingerprint density at radius 3 is 0.692 bits per heavy atom. The summed E-state index contributed by atoms with van der Waals surface area (Å²) in [6.45, 7) is 4.55. The van der Waals surface area contributed by atoms with Gasteiger partial charge in [-0.1, -0.05) is 194 Å². The summed E-state index contributed by atoms with van der Waals surface area (Å²) < 4.78 is 5.01. The Morgan fingerprint density at radius 2 is 0.487 bits per heavy atom. The summed E-state index contributed by atoms with van der Waals surface area (Å²) in [5.41, 5.74) is 0. The minimum absolute atomic E-state index is 0.323. The minimum atomic E-state index is -0.324. The molecule has 0 aliphatic heterocycles. The van der Waals surface area contributed by atoms with E-state index in [1.165, 1.54) is 167 Å². The lowest BCUT2D eigenvalue weighted by Gasteiger charge is -2.05. The van der Waals surface area contributed by atoms with Gasteiger partial charge in [0.2, 0.25) is 0 Å². The van der Waals surface area contributed by atoms with E-state index in [0.717, 1.165) is 25.7 Å². The van der Waals surface area contributed by atoms with Gasteiger partial charge in [-0.2, -0.15) is 0 Å². The minimum Gasteiger partial charge on any atom is -0.393 e. The largest absolute Gasteiger partial charge is 0.393 e. The summed E-state index contributed by atoms with van der Waals surface area (Å²) in [5.74, 6) is -0.647. The first-order chi connectivity index (χ1) is 19.2. The van der Waals surface area contributed by atoms with Gasteiger partial charge in [0, 0.05) is 12.8 Å². The molecule has 0 amide bonds. The molecule has 0 saturated carbocycles. The van der Waals surface area contributed by atoms with Crippen molar-refractivity contribution in [3.05, 3.63) is 0 Å². The lowest BCUT2D eigenvalue weighted by Crippen LogP contribution is -2.11. The molecule has 0 radical (unpaired) electrons. The third-order valence-electron chi connectivity index (χ3n) is 8.20. The number of carbonyl (C=O) groups is 2. The molecule has 0 aliphatic rings. The first-order valence-electron chi connectivity index (χ1n) is 17.9. The monoisotopic (exact) mass is 551 g/mol. The number of unbranched alkanes of at least 4 members (excludes halogenated alkanes) is 28. The van der Waals surface area contributed by atoms with Gasteiger partial charge in [-0.3, -0.25) is 9.59 Å². The smallest absolute Gasteiger partial charge is 0.313 e. The highest BCUT2D eigenvalue weighted by Crippen LogP contribution is 2.15. The quantitative estimate of drug-likeness (QED) is 0.0475. The number of rotatable bonds is 32. The van der Waals surface area contributed by atoms with Crippen molar-refractivity contribution in [3.8, 4) is 0 Å². The molecule has 3 heteroatoms. The fourth-order valence-electron chi connectivity index (χ4n) is 5.51. The van der Waals surface area contributed by atoms with Crippen LogP contribution < -0.4 is 0 Å². The van der Waals surface area contributed by atoms with E-state index in [4.69, 9.17) is 4.74 Å². The average molecular weight is 551 g/mol. The predicted octanol–water partition coefficient (Wildman–Crippen LogP) is 12.6. The number of hydrogen-bond donors (Lipinski definition) is 0. The topological polar surface area (TPSA) is 43.4 Å². The van der Waals surface area contributed by atoms with Gasteiger partial charge in [-0.05, 0) is 12.8 Å². The van der Waals surface area contributed by atoms with Crippen LogP contribution in [0.3, 0.4) is 0 Å². The number of ether oxygens (including phenoxy) is 1. The summed E-state index contributed by atoms with van der Waals surface area (Å²) in [5, 5.41) is 0. The second-order valence-electron chi connectivity index (χ2n) is 12.2. The van der Waals surface area contributed by atoms with Gasteiger partial charge >= 0.3 is 11.9 Å². The Labute approximate surface area is 245 Å². The summed E-state index contributed by atoms with van der Waals surface area (Å²) in [4.78, 5) is 23.8. The van der Waals surface area contributed by atoms with E-state index in [1.54, 1.807) is 0 Å². The molecule has 0 spiro atoms. The maximum atomic E-state index is 11.9. The van der Waals surface area contributed by atoms with Crippen LogP contribution in [-0.4, -0.2) is 11.9 Å². The molecule has 232 valence electrons. The van der Waals surface area contributed by atoms with Crippen molar-refractivity contribution < 1.29 is 14.3 Å². The molecular weight excluding hydrogens is 480 g/mol. The molecule has 0 aliphatic carbocycles. The van der Waals surface area contributed by atoms with Crippen molar-refractivity contribution in [1.82, 2.24) is 0 Å². The lowest BCUT2D eigenvalue weighted by molar-refractivity contribution is -0.159. The van der Waals surface area contributed by atoms with Crippen molar-refractivity contribution in [2.24, 2.45) is 0 Å². The summed E-state index contributed by atoms with van der Waals surface area (Å²) in [6, 6.07) is 0. The average Bonchev–Trinajstić information content (AvgIpc) is 2.93. The third-order valence-corrected chi connectivity index (χ3v) is 8.20. The highest BCUT2D eigenvalue weighted by atomic mass is 16.6. The van der Waals surface area contributed by atoms with Crippen LogP contribution in [-0.2, 0) is 14.3 Å². The van der Waals surface area contributed by atoms with E-state index in [0.29, 0.717) is 12.8 Å². The normalized spacial score (nSPS) is 11.2. The Hall–Kier alpha value is -0.860. The zero-order chi connectivity index (χ0) is 28.5. The zero-order valence-electron chi connectivity index (χ0n) is 26.9. The van der Waals surface area contributed by atoms with Crippen molar-refractivity contribution >= 4 is 11.9 Å². The van der Waals surface area contributed by atoms with Gasteiger partial charge in [0.1, 0.15) is 0 Å². The van der Waals surface area contributed by atoms with E-state index >= 15 is 0 Å². The number of carbonyl (C=O) groups excluding carboxylic acids is 2. The highest BCUT2D eigenvalue weighted by Gasteiger charge is 2.09. The van der Waals surface area contributed by atoms with Gasteiger partial charge in [0.05, 0.1) is 0 Å². The second kappa shape index (κ2) is 33.3. The first-order valence-corrected chi connectivity index (χ1v) is 17.9. The molecule has 0 bridgehead atoms. The van der Waals surface area contributed by atoms with Crippen LogP contribution in [0.4, 0.5) is 0 Å². The van der Waals surface area contributed by atoms with Crippen molar-refractivity contribution in [2.45, 2.75) is 219 Å². The van der Waals surface area contributed by atoms with Crippen molar-refractivity contribution in [3.63, 3.8) is 0 Å². The maximum absolute atomic E-state index is 11.9. The maximum Gasteiger partial charge on any atom is 0.313 e. The molecule has 0 aromatic carbocycles. The van der Waals surface area contributed by atoms with Crippen molar-refractivity contribution in [2.75, 3.05) is 0 Å². The fourth-order valence-corrected chi connectivity index (χ4v) is 5.51. The molecule has 0 heterocycles. The molecule has 0 aromatic heterocycles. The SMILES string of the molecule is CCCCCCCCCCCCCCCCCCCC(=O)OC(=O)CCCCCCCCCCCCCCC. The molecule has 0 rings (SSSR count). The van der Waals surface area contributed by atoms with Crippen LogP contribution >= 0.6 is 0 Å². The van der Waals surface area contributed by atoms with Crippen LogP contribution in [0.1, 0.15) is 219 Å². The summed E-state index contributed by atoms with van der Waals surface area (Å²) >= 11 is 0. The molecular formula is C36H70O3. The van der Waals surface area contributed by atoms with Gasteiger partial charge in [-0.15, -0.1) is 0 Å². The second-order valence-corrected chi connectivity index (χ2v) is 12.2. The molecule has 0 unspecified atom stereocenters. The van der Waals surface area contributed by atoms with Crippen molar-refractivity contribution in [1.29, 1.82) is 0 Å². The Kier molecular flexibility index (Phi) is 32.6. The lowest BCUT2D eigenvalue weighted by atomic mass is 10.0. The van der Waals surface area contributed by atoms with Gasteiger partial charge in [0.25, 0.3) is 0 Å². The van der Waals surface area contributed by atoms with Crippen LogP contribution in [0.25, 0.3) is 0 Å². The van der Waals surface area contributed by atoms with Gasteiger partial charge in [0.15, 0.2) is 0 Å². The molecule has 0 fully saturated rings. The Balaban J connectivity index is 3.27. The van der Waals surface area contributed by atoms with Crippen LogP contribution in [0.5, 0.6) is 0 Å². The molecule has 0 N–H and O–H groups in total. The predicted molar refractivity (Wildman–Crippen MR) is 170 cm³/mol. The molecule has 0 aromatic rings. The van der Waals surface area contributed by atoms with Gasteiger partial charge < -0.3 is 4.74 Å². The highest BCUT2D eigenvalue weighted by molar-refractivity contribution is 5.85. The van der Waals surface area contributed by atoms with E-state index in [9.17, 15) is 9.59 Å². The first kappa shape index (κ1) is 38.1. The summed E-state index contributed by atoms with van der Waals surface area (Å²) in [7, 11) is 0. The molecule has 39 heavy (non-hydrogen) atoms. The van der Waals surface area contributed by atoms with E-state index in [2.05, 4.69) is 13.8 Å². The van der Waals surface area contributed by atoms with Crippen LogP contribution in [0, 0.1) is 0 Å². The van der Waals surface area contributed by atoms with E-state index < -0.39 is 0 Å². The molecule has 0 saturated heterocycles. The fraction of sp³-hybridized carbons (Fsp3) is 0.944. The standard InChI is InChI=1S/C36H70O3/c1-3-5-7-9-11-13-15-17-18-19-20-22-24-26-28-30-32-34-36(38)39-35(37)33-31-29-27-25-23-21-16-14-12-10-8-6-4-2/h3-34H2,1-2H3. The molecule has 0 atom stereocenters. The zero-order valence-corrected chi connectivity index (χ0v) is 26.9. The van der Waals surface area contributed by atoms with Crippen LogP contribution in [0.2, 0.25) is 0 Å². The third kappa shape index (κ3) is 33.2. The Morgan fingerprint density at radius 1 is 0.308 bits per heavy atom. The van der Waals surface area contributed by atoms with E-state index in [-0.39, 0.29) is 11.9 Å². The van der Waals surface area contributed by atoms with E-state index in [1.807, 2.05) is 0 Å².